The van der Waals surface area contributed by atoms with E-state index in [4.69, 9.17) is 4.74 Å². The molecule has 0 fully saturated rings. The average molecular weight is 367 g/mol. The van der Waals surface area contributed by atoms with Gasteiger partial charge in [-0.25, -0.2) is 0 Å². The number of para-hydroxylation sites is 1. The molecule has 0 saturated heterocycles. The summed E-state index contributed by atoms with van der Waals surface area (Å²) < 4.78 is 6.04. The van der Waals surface area contributed by atoms with Crippen LogP contribution < -0.4 is 10.1 Å². The first kappa shape index (κ1) is 16.3. The Bertz CT molecular complexity index is 998. The summed E-state index contributed by atoms with van der Waals surface area (Å²) in [5.74, 6) is 0.332. The van der Waals surface area contributed by atoms with Crippen LogP contribution in [0, 0.1) is 10.1 Å². The molecular formula is C17H13N5O3S. The van der Waals surface area contributed by atoms with Crippen LogP contribution in [0.4, 0.5) is 11.4 Å². The number of nitrogens with one attached hydrogen (secondary N) is 1. The van der Waals surface area contributed by atoms with Crippen LogP contribution in [0.1, 0.15) is 11.8 Å². The van der Waals surface area contributed by atoms with Gasteiger partial charge in [0.15, 0.2) is 11.9 Å². The molecular weight excluding hydrogens is 354 g/mol. The van der Waals surface area contributed by atoms with E-state index in [1.807, 2.05) is 30.5 Å². The summed E-state index contributed by atoms with van der Waals surface area (Å²) in [7, 11) is 0. The number of hydrogen-bond donors (Lipinski definition) is 1. The van der Waals surface area contributed by atoms with Gasteiger partial charge in [-0.15, -0.1) is 10.2 Å². The second-order valence-electron chi connectivity index (χ2n) is 5.49. The van der Waals surface area contributed by atoms with Gasteiger partial charge in [-0.05, 0) is 12.3 Å². The number of thioether (sulfide) groups is 1. The summed E-state index contributed by atoms with van der Waals surface area (Å²) in [6, 6.07) is 13.9. The molecule has 26 heavy (non-hydrogen) atoms. The summed E-state index contributed by atoms with van der Waals surface area (Å²) in [6.07, 6.45) is 1.20. The van der Waals surface area contributed by atoms with Gasteiger partial charge in [-0.1, -0.05) is 42.1 Å². The molecule has 9 heteroatoms. The number of ether oxygens (including phenoxy) is 1. The third kappa shape index (κ3) is 2.93. The van der Waals surface area contributed by atoms with Crippen molar-refractivity contribution < 1.29 is 9.66 Å². The van der Waals surface area contributed by atoms with E-state index in [0.29, 0.717) is 22.3 Å². The topological polar surface area (TPSA) is 103 Å². The van der Waals surface area contributed by atoms with E-state index >= 15 is 0 Å². The van der Waals surface area contributed by atoms with Gasteiger partial charge in [0.05, 0.1) is 4.92 Å². The lowest BCUT2D eigenvalue weighted by Gasteiger charge is -2.19. The van der Waals surface area contributed by atoms with Gasteiger partial charge in [-0.2, -0.15) is 4.98 Å². The van der Waals surface area contributed by atoms with Gasteiger partial charge in [-0.3, -0.25) is 10.1 Å². The highest BCUT2D eigenvalue weighted by molar-refractivity contribution is 7.98. The van der Waals surface area contributed by atoms with Crippen molar-refractivity contribution in [2.45, 2.75) is 11.4 Å². The molecule has 2 heterocycles. The lowest BCUT2D eigenvalue weighted by molar-refractivity contribution is -0.385. The van der Waals surface area contributed by atoms with Crippen molar-refractivity contribution in [3.05, 3.63) is 64.2 Å². The zero-order valence-corrected chi connectivity index (χ0v) is 14.4. The number of nitro groups is 1. The van der Waals surface area contributed by atoms with Crippen LogP contribution >= 0.6 is 11.8 Å². The Kier molecular flexibility index (Phi) is 4.13. The van der Waals surface area contributed by atoms with Crippen molar-refractivity contribution in [3.63, 3.8) is 0 Å². The molecule has 1 N–H and O–H groups in total. The molecule has 1 unspecified atom stereocenters. The van der Waals surface area contributed by atoms with Crippen molar-refractivity contribution in [2.75, 3.05) is 11.6 Å². The predicted molar refractivity (Wildman–Crippen MR) is 97.1 cm³/mol. The number of nitrogens with zero attached hydrogens (tertiary/aromatic N) is 4. The fourth-order valence-corrected chi connectivity index (χ4v) is 2.98. The highest BCUT2D eigenvalue weighted by Gasteiger charge is 2.26. The molecule has 0 radical (unpaired) electrons. The second-order valence-corrected chi connectivity index (χ2v) is 6.27. The molecule has 0 saturated carbocycles. The molecule has 1 aliphatic heterocycles. The molecule has 1 atom stereocenters. The molecule has 0 aliphatic carbocycles. The molecule has 4 rings (SSSR count). The fraction of sp³-hybridized carbons (Fsp3) is 0.118. The summed E-state index contributed by atoms with van der Waals surface area (Å²) in [4.78, 5) is 15.1. The lowest BCUT2D eigenvalue weighted by Crippen LogP contribution is -2.17. The van der Waals surface area contributed by atoms with Crippen LogP contribution in [-0.4, -0.2) is 26.4 Å². The van der Waals surface area contributed by atoms with Gasteiger partial charge in [0.1, 0.15) is 0 Å². The molecule has 3 aromatic rings. The van der Waals surface area contributed by atoms with Gasteiger partial charge in [0.2, 0.25) is 11.0 Å². The summed E-state index contributed by atoms with van der Waals surface area (Å²) in [5.41, 5.74) is 2.74. The minimum Gasteiger partial charge on any atom is -0.448 e. The summed E-state index contributed by atoms with van der Waals surface area (Å²) >= 11 is 1.36. The Morgan fingerprint density at radius 3 is 2.85 bits per heavy atom. The maximum atomic E-state index is 11.1. The molecule has 1 aromatic heterocycles. The van der Waals surface area contributed by atoms with Gasteiger partial charge in [0, 0.05) is 28.9 Å². The molecule has 0 spiro atoms. The Morgan fingerprint density at radius 2 is 2.04 bits per heavy atom. The number of non-ortho nitro benzene ring substituents is 1. The highest BCUT2D eigenvalue weighted by atomic mass is 32.2. The molecule has 0 bridgehead atoms. The number of aromatic nitrogens is 3. The van der Waals surface area contributed by atoms with E-state index in [0.717, 1.165) is 11.3 Å². The zero-order valence-electron chi connectivity index (χ0n) is 13.6. The normalized spacial score (nSPS) is 15.0. The minimum absolute atomic E-state index is 0.00345. The number of nitro benzene ring substituents is 1. The Labute approximate surface area is 152 Å². The maximum absolute atomic E-state index is 11.1. The standard InChI is InChI=1S/C17H13N5O3S/c1-26-17-19-16-14(20-21-17)12-7-2-3-8-13(12)18-15(25-16)10-5-4-6-11(9-10)22(23)24/h2-9,15,18H,1H3. The fourth-order valence-electron chi connectivity index (χ4n) is 2.69. The Morgan fingerprint density at radius 1 is 1.19 bits per heavy atom. The first-order valence-electron chi connectivity index (χ1n) is 7.71. The number of fused-ring (bicyclic) bond motifs is 3. The van der Waals surface area contributed by atoms with E-state index in [9.17, 15) is 10.1 Å². The van der Waals surface area contributed by atoms with Crippen molar-refractivity contribution >= 4 is 23.1 Å². The van der Waals surface area contributed by atoms with E-state index in [1.54, 1.807) is 12.1 Å². The number of benzene rings is 2. The highest BCUT2D eigenvalue weighted by Crippen LogP contribution is 2.39. The summed E-state index contributed by atoms with van der Waals surface area (Å²) in [5, 5.41) is 23.2. The van der Waals surface area contributed by atoms with Gasteiger partial charge in [0.25, 0.3) is 5.69 Å². The van der Waals surface area contributed by atoms with E-state index in [1.165, 1.54) is 23.9 Å². The van der Waals surface area contributed by atoms with Crippen LogP contribution in [0.25, 0.3) is 11.3 Å². The SMILES string of the molecule is CSc1nnc2c(n1)OC(c1cccc([N+](=O)[O-])c1)Nc1ccccc1-2. The minimum atomic E-state index is -0.649. The van der Waals surface area contributed by atoms with E-state index < -0.39 is 11.2 Å². The Balaban J connectivity index is 1.84. The first-order chi connectivity index (χ1) is 12.7. The number of hydrogen-bond acceptors (Lipinski definition) is 8. The van der Waals surface area contributed by atoms with Crippen LogP contribution in [0.5, 0.6) is 5.88 Å². The summed E-state index contributed by atoms with van der Waals surface area (Å²) in [6.45, 7) is 0. The molecule has 130 valence electrons. The first-order valence-corrected chi connectivity index (χ1v) is 8.94. The monoisotopic (exact) mass is 367 g/mol. The average Bonchev–Trinajstić information content (AvgIpc) is 2.84. The smallest absolute Gasteiger partial charge is 0.269 e. The maximum Gasteiger partial charge on any atom is 0.269 e. The third-order valence-electron chi connectivity index (χ3n) is 3.90. The van der Waals surface area contributed by atoms with Crippen LogP contribution in [0.2, 0.25) is 0 Å². The van der Waals surface area contributed by atoms with Crippen molar-refractivity contribution in [3.8, 4) is 17.1 Å². The van der Waals surface area contributed by atoms with Gasteiger partial charge >= 0.3 is 0 Å². The van der Waals surface area contributed by atoms with Gasteiger partial charge < -0.3 is 10.1 Å². The quantitative estimate of drug-likeness (QED) is 0.425. The van der Waals surface area contributed by atoms with Crippen molar-refractivity contribution in [2.24, 2.45) is 0 Å². The molecule has 0 amide bonds. The molecule has 2 aromatic carbocycles. The number of rotatable bonds is 3. The van der Waals surface area contributed by atoms with Crippen molar-refractivity contribution in [1.82, 2.24) is 15.2 Å². The van der Waals surface area contributed by atoms with Crippen LogP contribution in [0.15, 0.2) is 53.7 Å². The Hall–Kier alpha value is -3.20. The third-order valence-corrected chi connectivity index (χ3v) is 4.44. The van der Waals surface area contributed by atoms with E-state index in [-0.39, 0.29) is 5.69 Å². The van der Waals surface area contributed by atoms with Crippen LogP contribution in [-0.2, 0) is 0 Å². The van der Waals surface area contributed by atoms with Crippen LogP contribution in [0.3, 0.4) is 0 Å². The van der Waals surface area contributed by atoms with Crippen molar-refractivity contribution in [1.29, 1.82) is 0 Å². The lowest BCUT2D eigenvalue weighted by atomic mass is 10.1. The molecule has 8 nitrogen and oxygen atoms in total. The van der Waals surface area contributed by atoms with E-state index in [2.05, 4.69) is 20.5 Å². The second kappa shape index (κ2) is 6.60. The predicted octanol–water partition coefficient (Wildman–Crippen LogP) is 3.67. The zero-order chi connectivity index (χ0) is 18.1. The number of anilines is 1. The molecule has 1 aliphatic rings. The largest absolute Gasteiger partial charge is 0.448 e.